The summed E-state index contributed by atoms with van der Waals surface area (Å²) in [5.74, 6) is 0.250. The van der Waals surface area contributed by atoms with Gasteiger partial charge in [0.25, 0.3) is 0 Å². The Hall–Kier alpha value is -2.21. The van der Waals surface area contributed by atoms with Gasteiger partial charge >= 0.3 is 0 Å². The maximum absolute atomic E-state index is 12.5. The van der Waals surface area contributed by atoms with Crippen LogP contribution in [0.4, 0.5) is 5.95 Å². The van der Waals surface area contributed by atoms with Gasteiger partial charge in [-0.05, 0) is 18.7 Å². The summed E-state index contributed by atoms with van der Waals surface area (Å²) in [6, 6.07) is 9.40. The molecule has 1 heterocycles. The summed E-state index contributed by atoms with van der Waals surface area (Å²) in [6.07, 6.45) is 1.37. The highest BCUT2D eigenvalue weighted by atomic mass is 16.2. The van der Waals surface area contributed by atoms with Crippen LogP contribution in [0.25, 0.3) is 0 Å². The standard InChI is InChI=1S/C14H19N5O/c1-3-19(4-2)12(11-8-6-5-7-9-11)13(20)17-14-15-10-16-18-14/h5-10,12H,3-4H2,1-2H3,(H2,15,16,17,18,20). The zero-order chi connectivity index (χ0) is 14.4. The third kappa shape index (κ3) is 3.21. The molecule has 106 valence electrons. The molecular weight excluding hydrogens is 254 g/mol. The van der Waals surface area contributed by atoms with Crippen LogP contribution in [0.15, 0.2) is 36.7 Å². The van der Waals surface area contributed by atoms with Gasteiger partial charge in [0.1, 0.15) is 12.4 Å². The van der Waals surface area contributed by atoms with Crippen molar-refractivity contribution in [1.82, 2.24) is 20.1 Å². The number of hydrogen-bond acceptors (Lipinski definition) is 4. The molecule has 0 spiro atoms. The molecule has 0 aliphatic carbocycles. The van der Waals surface area contributed by atoms with E-state index in [-0.39, 0.29) is 11.9 Å². The number of likely N-dealkylation sites (N-methyl/N-ethyl adjacent to an activating group) is 1. The lowest BCUT2D eigenvalue weighted by Crippen LogP contribution is -2.37. The Balaban J connectivity index is 2.24. The van der Waals surface area contributed by atoms with Crippen molar-refractivity contribution in [2.24, 2.45) is 0 Å². The van der Waals surface area contributed by atoms with E-state index in [1.807, 2.05) is 44.2 Å². The second-order valence-electron chi connectivity index (χ2n) is 4.36. The van der Waals surface area contributed by atoms with Crippen molar-refractivity contribution in [3.63, 3.8) is 0 Å². The average Bonchev–Trinajstić information content (AvgIpc) is 2.98. The quantitative estimate of drug-likeness (QED) is 0.842. The van der Waals surface area contributed by atoms with Crippen LogP contribution in [0.3, 0.4) is 0 Å². The van der Waals surface area contributed by atoms with Crippen molar-refractivity contribution < 1.29 is 4.79 Å². The molecule has 0 aliphatic rings. The predicted molar refractivity (Wildman–Crippen MR) is 77.1 cm³/mol. The second-order valence-corrected chi connectivity index (χ2v) is 4.36. The third-order valence-corrected chi connectivity index (χ3v) is 3.20. The summed E-state index contributed by atoms with van der Waals surface area (Å²) in [5, 5.41) is 9.13. The van der Waals surface area contributed by atoms with Crippen molar-refractivity contribution in [2.45, 2.75) is 19.9 Å². The smallest absolute Gasteiger partial charge is 0.248 e. The number of carbonyl (C=O) groups excluding carboxylic acids is 1. The number of H-pyrrole nitrogens is 1. The summed E-state index contributed by atoms with van der Waals surface area (Å²) in [7, 11) is 0. The maximum atomic E-state index is 12.5. The molecule has 0 fully saturated rings. The van der Waals surface area contributed by atoms with E-state index in [0.29, 0.717) is 5.95 Å². The van der Waals surface area contributed by atoms with Crippen molar-refractivity contribution in [1.29, 1.82) is 0 Å². The lowest BCUT2D eigenvalue weighted by Gasteiger charge is -2.28. The van der Waals surface area contributed by atoms with Crippen molar-refractivity contribution in [3.8, 4) is 0 Å². The van der Waals surface area contributed by atoms with Gasteiger partial charge in [0.15, 0.2) is 0 Å². The molecule has 2 aromatic rings. The second kappa shape index (κ2) is 6.81. The molecule has 2 rings (SSSR count). The van der Waals surface area contributed by atoms with E-state index in [2.05, 4.69) is 25.4 Å². The molecule has 20 heavy (non-hydrogen) atoms. The number of aromatic amines is 1. The van der Waals surface area contributed by atoms with Crippen molar-refractivity contribution in [2.75, 3.05) is 18.4 Å². The lowest BCUT2D eigenvalue weighted by molar-refractivity contribution is -0.121. The Morgan fingerprint density at radius 1 is 1.30 bits per heavy atom. The van der Waals surface area contributed by atoms with Gasteiger partial charge in [0.05, 0.1) is 0 Å². The van der Waals surface area contributed by atoms with Crippen molar-refractivity contribution >= 4 is 11.9 Å². The highest BCUT2D eigenvalue weighted by Crippen LogP contribution is 2.21. The lowest BCUT2D eigenvalue weighted by atomic mass is 10.0. The fraction of sp³-hybridized carbons (Fsp3) is 0.357. The van der Waals surface area contributed by atoms with E-state index in [1.165, 1.54) is 6.33 Å². The van der Waals surface area contributed by atoms with Crippen molar-refractivity contribution in [3.05, 3.63) is 42.2 Å². The van der Waals surface area contributed by atoms with Crippen LogP contribution in [0.5, 0.6) is 0 Å². The zero-order valence-corrected chi connectivity index (χ0v) is 11.7. The molecule has 2 N–H and O–H groups in total. The van der Waals surface area contributed by atoms with Crippen LogP contribution in [0, 0.1) is 0 Å². The SMILES string of the molecule is CCN(CC)C(C(=O)Nc1ncn[nH]1)c1ccccc1. The summed E-state index contributed by atoms with van der Waals surface area (Å²) in [4.78, 5) is 18.6. The Morgan fingerprint density at radius 3 is 2.55 bits per heavy atom. The molecule has 0 bridgehead atoms. The molecule has 1 amide bonds. The van der Waals surface area contributed by atoms with Crippen LogP contribution in [0.2, 0.25) is 0 Å². The number of rotatable bonds is 6. The fourth-order valence-corrected chi connectivity index (χ4v) is 2.20. The van der Waals surface area contributed by atoms with Gasteiger partial charge in [-0.25, -0.2) is 5.10 Å². The predicted octanol–water partition coefficient (Wildman–Crippen LogP) is 1.83. The van der Waals surface area contributed by atoms with Crippen LogP contribution in [0.1, 0.15) is 25.5 Å². The number of nitrogens with one attached hydrogen (secondary N) is 2. The number of carbonyl (C=O) groups is 1. The molecule has 1 aromatic heterocycles. The van der Waals surface area contributed by atoms with E-state index in [4.69, 9.17) is 0 Å². The van der Waals surface area contributed by atoms with Crippen LogP contribution < -0.4 is 5.32 Å². The number of amides is 1. The van der Waals surface area contributed by atoms with E-state index in [1.54, 1.807) is 0 Å². The zero-order valence-electron chi connectivity index (χ0n) is 11.7. The normalized spacial score (nSPS) is 12.3. The Kier molecular flexibility index (Phi) is 4.84. The molecule has 0 saturated heterocycles. The van der Waals surface area contributed by atoms with E-state index in [0.717, 1.165) is 18.7 Å². The number of hydrogen-bond donors (Lipinski definition) is 2. The monoisotopic (exact) mass is 273 g/mol. The van der Waals surface area contributed by atoms with Crippen LogP contribution in [-0.2, 0) is 4.79 Å². The van der Waals surface area contributed by atoms with E-state index < -0.39 is 0 Å². The fourth-order valence-electron chi connectivity index (χ4n) is 2.20. The third-order valence-electron chi connectivity index (χ3n) is 3.20. The first-order chi connectivity index (χ1) is 9.76. The largest absolute Gasteiger partial charge is 0.293 e. The Morgan fingerprint density at radius 2 is 2.00 bits per heavy atom. The maximum Gasteiger partial charge on any atom is 0.248 e. The Labute approximate surface area is 118 Å². The number of anilines is 1. The number of nitrogens with zero attached hydrogens (tertiary/aromatic N) is 3. The summed E-state index contributed by atoms with van der Waals surface area (Å²) >= 11 is 0. The molecule has 6 heteroatoms. The highest BCUT2D eigenvalue weighted by Gasteiger charge is 2.26. The minimum absolute atomic E-state index is 0.114. The molecule has 0 aliphatic heterocycles. The van der Waals surface area contributed by atoms with Gasteiger partial charge in [0.2, 0.25) is 11.9 Å². The highest BCUT2D eigenvalue weighted by molar-refractivity contribution is 5.94. The van der Waals surface area contributed by atoms with Gasteiger partial charge in [-0.2, -0.15) is 10.1 Å². The molecular formula is C14H19N5O. The first kappa shape index (κ1) is 14.2. The van der Waals surface area contributed by atoms with Gasteiger partial charge in [0, 0.05) is 0 Å². The number of aromatic nitrogens is 3. The average molecular weight is 273 g/mol. The summed E-state index contributed by atoms with van der Waals surface area (Å²) in [5.41, 5.74) is 0.966. The Bertz CT molecular complexity index is 522. The molecule has 0 saturated carbocycles. The van der Waals surface area contributed by atoms with E-state index in [9.17, 15) is 4.79 Å². The first-order valence-electron chi connectivity index (χ1n) is 6.71. The van der Waals surface area contributed by atoms with Crippen LogP contribution >= 0.6 is 0 Å². The molecule has 1 aromatic carbocycles. The van der Waals surface area contributed by atoms with Crippen LogP contribution in [-0.4, -0.2) is 39.1 Å². The summed E-state index contributed by atoms with van der Waals surface area (Å²) < 4.78 is 0. The first-order valence-corrected chi connectivity index (χ1v) is 6.71. The molecule has 1 unspecified atom stereocenters. The minimum Gasteiger partial charge on any atom is -0.293 e. The minimum atomic E-state index is -0.337. The van der Waals surface area contributed by atoms with Gasteiger partial charge in [-0.15, -0.1) is 0 Å². The van der Waals surface area contributed by atoms with Gasteiger partial charge < -0.3 is 0 Å². The summed E-state index contributed by atoms with van der Waals surface area (Å²) in [6.45, 7) is 5.67. The molecule has 6 nitrogen and oxygen atoms in total. The van der Waals surface area contributed by atoms with E-state index >= 15 is 0 Å². The van der Waals surface area contributed by atoms with Gasteiger partial charge in [-0.3, -0.25) is 15.0 Å². The number of benzene rings is 1. The molecule has 0 radical (unpaired) electrons. The molecule has 1 atom stereocenters. The van der Waals surface area contributed by atoms with Gasteiger partial charge in [-0.1, -0.05) is 44.2 Å². The topological polar surface area (TPSA) is 73.9 Å².